The molecule has 32 heavy (non-hydrogen) atoms. The normalized spacial score (nSPS) is 12.6. The number of nitrogens with two attached hydrogens (primary N) is 1. The van der Waals surface area contributed by atoms with Crippen molar-refractivity contribution in [3.63, 3.8) is 0 Å². The predicted molar refractivity (Wildman–Crippen MR) is 116 cm³/mol. The molecule has 3 rings (SSSR count). The molecule has 2 heterocycles. The van der Waals surface area contributed by atoms with Gasteiger partial charge in [0, 0.05) is 17.8 Å². The maximum absolute atomic E-state index is 14.7. The van der Waals surface area contributed by atoms with Gasteiger partial charge in [-0.3, -0.25) is 4.79 Å². The van der Waals surface area contributed by atoms with Crippen LogP contribution in [-0.2, 0) is 0 Å². The molecule has 0 aliphatic rings. The minimum absolute atomic E-state index is 0.0423. The number of carbonyl (C=O) groups is 2. The van der Waals surface area contributed by atoms with E-state index in [9.17, 15) is 14.0 Å². The molecule has 2 aromatic heterocycles. The second-order valence-corrected chi connectivity index (χ2v) is 6.97. The van der Waals surface area contributed by atoms with Crippen LogP contribution in [0.1, 0.15) is 30.6 Å². The molecule has 0 unspecified atom stereocenters. The molecule has 0 radical (unpaired) electrons. The van der Waals surface area contributed by atoms with Gasteiger partial charge in [-0.15, -0.1) is 0 Å². The zero-order chi connectivity index (χ0) is 23.3. The van der Waals surface area contributed by atoms with Crippen LogP contribution in [-0.4, -0.2) is 49.2 Å². The van der Waals surface area contributed by atoms with Crippen molar-refractivity contribution in [1.82, 2.24) is 25.3 Å². The minimum Gasteiger partial charge on any atom is -0.465 e. The molecule has 0 aliphatic heterocycles. The number of nitrogens with one attached hydrogen (secondary N) is 3. The number of pyridine rings is 1. The van der Waals surface area contributed by atoms with Crippen LogP contribution in [0.2, 0.25) is 0 Å². The van der Waals surface area contributed by atoms with Crippen LogP contribution in [0.3, 0.4) is 0 Å². The zero-order valence-corrected chi connectivity index (χ0v) is 17.4. The molecule has 0 bridgehead atoms. The van der Waals surface area contributed by atoms with Gasteiger partial charge in [0.05, 0.1) is 23.6 Å². The lowest BCUT2D eigenvalue weighted by Crippen LogP contribution is -2.44. The summed E-state index contributed by atoms with van der Waals surface area (Å²) in [6.45, 7) is 3.47. The van der Waals surface area contributed by atoms with Crippen LogP contribution in [0.4, 0.5) is 26.5 Å². The SMILES string of the molecule is CC[C@@H](Nc1nc(Nc2cccc(-n3nccn3)c2)c(C(N)=O)cc1F)[C@H](C)NC(=O)O. The molecule has 0 saturated carbocycles. The lowest BCUT2D eigenvalue weighted by atomic mass is 10.1. The van der Waals surface area contributed by atoms with Gasteiger partial charge < -0.3 is 26.8 Å². The Morgan fingerprint density at radius 3 is 2.56 bits per heavy atom. The summed E-state index contributed by atoms with van der Waals surface area (Å²) >= 11 is 0. The highest BCUT2D eigenvalue weighted by atomic mass is 19.1. The Morgan fingerprint density at radius 2 is 1.94 bits per heavy atom. The van der Waals surface area contributed by atoms with E-state index in [1.807, 2.05) is 6.92 Å². The third kappa shape index (κ3) is 5.28. The quantitative estimate of drug-likeness (QED) is 0.338. The highest BCUT2D eigenvalue weighted by molar-refractivity contribution is 5.98. The van der Waals surface area contributed by atoms with Crippen molar-refractivity contribution in [1.29, 1.82) is 0 Å². The van der Waals surface area contributed by atoms with Crippen molar-refractivity contribution in [2.75, 3.05) is 10.6 Å². The number of halogens is 1. The number of anilines is 3. The first-order chi connectivity index (χ1) is 15.3. The van der Waals surface area contributed by atoms with Crippen LogP contribution < -0.4 is 21.7 Å². The average molecular weight is 442 g/mol. The van der Waals surface area contributed by atoms with Crippen molar-refractivity contribution in [3.8, 4) is 5.69 Å². The van der Waals surface area contributed by atoms with Gasteiger partial charge in [-0.2, -0.15) is 15.0 Å². The van der Waals surface area contributed by atoms with Crippen molar-refractivity contribution in [2.45, 2.75) is 32.4 Å². The molecule has 11 nitrogen and oxygen atoms in total. The lowest BCUT2D eigenvalue weighted by molar-refractivity contribution is 0.100. The van der Waals surface area contributed by atoms with E-state index in [0.717, 1.165) is 6.07 Å². The fourth-order valence-corrected chi connectivity index (χ4v) is 3.12. The Hall–Kier alpha value is -4.22. The number of carbonyl (C=O) groups excluding carboxylic acids is 1. The summed E-state index contributed by atoms with van der Waals surface area (Å²) in [5.41, 5.74) is 6.48. The molecule has 6 N–H and O–H groups in total. The van der Waals surface area contributed by atoms with Crippen LogP contribution in [0.25, 0.3) is 5.69 Å². The maximum Gasteiger partial charge on any atom is 0.404 e. The summed E-state index contributed by atoms with van der Waals surface area (Å²) in [6, 6.07) is 6.99. The third-order valence-electron chi connectivity index (χ3n) is 4.72. The number of nitrogens with zero attached hydrogens (tertiary/aromatic N) is 4. The second kappa shape index (κ2) is 9.73. The van der Waals surface area contributed by atoms with E-state index in [4.69, 9.17) is 10.8 Å². The van der Waals surface area contributed by atoms with Crippen LogP contribution >= 0.6 is 0 Å². The molecule has 12 heteroatoms. The Bertz CT molecular complexity index is 1110. The summed E-state index contributed by atoms with van der Waals surface area (Å²) in [5, 5.41) is 25.3. The summed E-state index contributed by atoms with van der Waals surface area (Å²) in [6.07, 6.45) is 2.37. The molecule has 2 amide bonds. The fraction of sp³-hybridized carbons (Fsp3) is 0.250. The number of rotatable bonds is 9. The monoisotopic (exact) mass is 442 g/mol. The summed E-state index contributed by atoms with van der Waals surface area (Å²) in [5.74, 6) is -1.75. The van der Waals surface area contributed by atoms with E-state index in [0.29, 0.717) is 17.8 Å². The molecular weight excluding hydrogens is 419 g/mol. The molecule has 0 fully saturated rings. The largest absolute Gasteiger partial charge is 0.465 e. The molecule has 3 aromatic rings. The Labute approximate surface area is 182 Å². The van der Waals surface area contributed by atoms with Gasteiger partial charge in [0.15, 0.2) is 11.6 Å². The number of benzene rings is 1. The van der Waals surface area contributed by atoms with Gasteiger partial charge in [-0.1, -0.05) is 13.0 Å². The standard InChI is InChI=1S/C20H23FN8O3/c1-3-16(11(2)25-20(31)32)27-19-15(21)10-14(17(22)30)18(28-19)26-12-5-4-6-13(9-12)29-23-7-8-24-29/h4-11,16,25H,3H2,1-2H3,(H2,22,30)(H,31,32)(H2,26,27,28)/t11-,16+/m0/s1. The fourth-order valence-electron chi connectivity index (χ4n) is 3.12. The van der Waals surface area contributed by atoms with E-state index >= 15 is 0 Å². The first-order valence-corrected chi connectivity index (χ1v) is 9.78. The minimum atomic E-state index is -1.19. The first kappa shape index (κ1) is 22.5. The van der Waals surface area contributed by atoms with E-state index in [-0.39, 0.29) is 17.2 Å². The average Bonchev–Trinajstić information content (AvgIpc) is 3.28. The van der Waals surface area contributed by atoms with Gasteiger partial charge in [-0.25, -0.2) is 14.2 Å². The summed E-state index contributed by atoms with van der Waals surface area (Å²) < 4.78 is 14.7. The number of hydrogen-bond donors (Lipinski definition) is 5. The van der Waals surface area contributed by atoms with E-state index in [1.165, 1.54) is 17.2 Å². The predicted octanol–water partition coefficient (Wildman–Crippen LogP) is 2.49. The molecule has 1 aromatic carbocycles. The topological polar surface area (TPSA) is 160 Å². The molecular formula is C20H23FN8O3. The molecule has 0 spiro atoms. The maximum atomic E-state index is 14.7. The second-order valence-electron chi connectivity index (χ2n) is 6.97. The number of carboxylic acid groups (broad SMARTS) is 1. The Morgan fingerprint density at radius 1 is 1.22 bits per heavy atom. The third-order valence-corrected chi connectivity index (χ3v) is 4.72. The van der Waals surface area contributed by atoms with Crippen molar-refractivity contribution >= 4 is 29.3 Å². The van der Waals surface area contributed by atoms with Crippen molar-refractivity contribution in [3.05, 3.63) is 54.1 Å². The molecule has 0 aliphatic carbocycles. The Kier molecular flexibility index (Phi) is 6.83. The van der Waals surface area contributed by atoms with Gasteiger partial charge >= 0.3 is 6.09 Å². The smallest absolute Gasteiger partial charge is 0.404 e. The first-order valence-electron chi connectivity index (χ1n) is 9.78. The number of amides is 2. The number of primary amides is 1. The highest BCUT2D eigenvalue weighted by Crippen LogP contribution is 2.25. The van der Waals surface area contributed by atoms with E-state index < -0.39 is 29.9 Å². The molecule has 2 atom stereocenters. The van der Waals surface area contributed by atoms with Crippen LogP contribution in [0.5, 0.6) is 0 Å². The molecule has 168 valence electrons. The van der Waals surface area contributed by atoms with Gasteiger partial charge in [0.1, 0.15) is 5.82 Å². The summed E-state index contributed by atoms with van der Waals surface area (Å²) in [4.78, 5) is 28.5. The lowest BCUT2D eigenvalue weighted by Gasteiger charge is -2.25. The molecule has 0 saturated heterocycles. The van der Waals surface area contributed by atoms with Gasteiger partial charge in [0.25, 0.3) is 5.91 Å². The van der Waals surface area contributed by atoms with E-state index in [1.54, 1.807) is 31.2 Å². The highest BCUT2D eigenvalue weighted by Gasteiger charge is 2.22. The van der Waals surface area contributed by atoms with Gasteiger partial charge in [-0.05, 0) is 37.6 Å². The number of aromatic nitrogens is 4. The Balaban J connectivity index is 1.92. The van der Waals surface area contributed by atoms with Crippen LogP contribution in [0, 0.1) is 5.82 Å². The number of hydrogen-bond acceptors (Lipinski definition) is 7. The van der Waals surface area contributed by atoms with Crippen molar-refractivity contribution in [2.24, 2.45) is 5.73 Å². The van der Waals surface area contributed by atoms with E-state index in [2.05, 4.69) is 31.1 Å². The van der Waals surface area contributed by atoms with Gasteiger partial charge in [0.2, 0.25) is 0 Å². The van der Waals surface area contributed by atoms with Crippen molar-refractivity contribution < 1.29 is 19.1 Å². The van der Waals surface area contributed by atoms with Crippen LogP contribution in [0.15, 0.2) is 42.7 Å². The zero-order valence-electron chi connectivity index (χ0n) is 17.4. The summed E-state index contributed by atoms with van der Waals surface area (Å²) in [7, 11) is 0.